The van der Waals surface area contributed by atoms with Crippen molar-refractivity contribution in [1.82, 2.24) is 19.8 Å². The number of urea groups is 1. The molecule has 38 heavy (non-hydrogen) atoms. The molecule has 0 saturated carbocycles. The maximum absolute atomic E-state index is 13.1. The molecule has 3 aromatic rings. The first-order valence-electron chi connectivity index (χ1n) is 11.9. The Morgan fingerprint density at radius 2 is 1.71 bits per heavy atom. The average molecular weight is 556 g/mol. The van der Waals surface area contributed by atoms with Crippen molar-refractivity contribution in [2.45, 2.75) is 24.4 Å². The van der Waals surface area contributed by atoms with E-state index < -0.39 is 27.9 Å². The molecule has 1 aliphatic heterocycles. The third kappa shape index (κ3) is 5.94. The smallest absolute Gasteiger partial charge is 0.321 e. The molecule has 0 saturated heterocycles. The second kappa shape index (κ2) is 11.4. The van der Waals surface area contributed by atoms with Gasteiger partial charge in [-0.2, -0.15) is 4.31 Å². The topological polar surface area (TPSA) is 128 Å². The van der Waals surface area contributed by atoms with Crippen molar-refractivity contribution < 1.29 is 22.8 Å². The van der Waals surface area contributed by atoms with Gasteiger partial charge in [0.15, 0.2) is 0 Å². The first kappa shape index (κ1) is 27.5. The van der Waals surface area contributed by atoms with E-state index in [1.54, 1.807) is 0 Å². The van der Waals surface area contributed by atoms with Crippen LogP contribution in [0.1, 0.15) is 36.7 Å². The fraction of sp³-hybridized carbons (Fsp3) is 0.269. The number of imide groups is 1. The van der Waals surface area contributed by atoms with Crippen LogP contribution < -0.4 is 16.0 Å². The van der Waals surface area contributed by atoms with Crippen molar-refractivity contribution in [2.24, 2.45) is 0 Å². The van der Waals surface area contributed by atoms with Gasteiger partial charge < -0.3 is 15.5 Å². The number of hydrogen-bond acceptors (Lipinski definition) is 7. The minimum absolute atomic E-state index is 0.0627. The molecule has 4 rings (SSSR count). The molecular weight excluding hydrogens is 526 g/mol. The summed E-state index contributed by atoms with van der Waals surface area (Å²) in [6.07, 6.45) is 0.609. The lowest BCUT2D eigenvalue weighted by Gasteiger charge is -2.22. The van der Waals surface area contributed by atoms with E-state index >= 15 is 0 Å². The van der Waals surface area contributed by atoms with Gasteiger partial charge in [0.1, 0.15) is 5.00 Å². The minimum Gasteiger partial charge on any atom is -0.341 e. The zero-order valence-electron chi connectivity index (χ0n) is 21.3. The number of rotatable bonds is 7. The molecule has 0 atom stereocenters. The van der Waals surface area contributed by atoms with Crippen LogP contribution in [0.3, 0.4) is 0 Å². The van der Waals surface area contributed by atoms with Crippen LogP contribution >= 0.6 is 11.3 Å². The standard InChI is InChI=1S/C26H29N5O5S2/c1-27-26(34)29-24(33)22-20-13-14-30(2)16-21(20)37-25(22)28-23(32)18-9-11-19(12-10-18)38(35,36)31(3)15-17-7-5-4-6-8-17/h4-12H,13-16H2,1-3H3,(H,28,32)(H2,27,29,33,34). The third-order valence-electron chi connectivity index (χ3n) is 6.23. The summed E-state index contributed by atoms with van der Waals surface area (Å²) in [7, 11) is 1.11. The molecule has 0 aliphatic carbocycles. The molecule has 200 valence electrons. The fourth-order valence-electron chi connectivity index (χ4n) is 4.15. The van der Waals surface area contributed by atoms with E-state index in [0.29, 0.717) is 18.0 Å². The molecule has 0 radical (unpaired) electrons. The summed E-state index contributed by atoms with van der Waals surface area (Å²) in [6.45, 7) is 1.58. The molecule has 12 heteroatoms. The van der Waals surface area contributed by atoms with Crippen molar-refractivity contribution in [3.8, 4) is 0 Å². The maximum atomic E-state index is 13.1. The summed E-state index contributed by atoms with van der Waals surface area (Å²) in [5.41, 5.74) is 2.18. The summed E-state index contributed by atoms with van der Waals surface area (Å²) in [4.78, 5) is 40.9. The molecule has 1 aliphatic rings. The van der Waals surface area contributed by atoms with Crippen LogP contribution in [-0.4, -0.2) is 63.2 Å². The number of carbonyl (C=O) groups is 3. The molecule has 0 unspecified atom stereocenters. The van der Waals surface area contributed by atoms with Crippen LogP contribution in [-0.2, 0) is 29.5 Å². The Morgan fingerprint density at radius 1 is 1.03 bits per heavy atom. The number of carbonyl (C=O) groups excluding carboxylic acids is 3. The van der Waals surface area contributed by atoms with E-state index in [2.05, 4.69) is 20.9 Å². The predicted molar refractivity (Wildman–Crippen MR) is 146 cm³/mol. The number of thiophene rings is 1. The van der Waals surface area contributed by atoms with Crippen molar-refractivity contribution in [3.05, 3.63) is 81.7 Å². The van der Waals surface area contributed by atoms with Crippen LogP contribution in [0.4, 0.5) is 9.80 Å². The second-order valence-corrected chi connectivity index (χ2v) is 12.1. The quantitative estimate of drug-likeness (QED) is 0.411. The number of nitrogens with zero attached hydrogens (tertiary/aromatic N) is 2. The number of anilines is 1. The van der Waals surface area contributed by atoms with Crippen molar-refractivity contribution in [3.63, 3.8) is 0 Å². The highest BCUT2D eigenvalue weighted by Gasteiger charge is 2.29. The van der Waals surface area contributed by atoms with Gasteiger partial charge in [-0.3, -0.25) is 14.9 Å². The highest BCUT2D eigenvalue weighted by atomic mass is 32.2. The molecular formula is C26H29N5O5S2. The molecule has 0 fully saturated rings. The molecule has 0 spiro atoms. The number of benzene rings is 2. The lowest BCUT2D eigenvalue weighted by Crippen LogP contribution is -2.38. The van der Waals surface area contributed by atoms with Gasteiger partial charge in [0, 0.05) is 44.2 Å². The van der Waals surface area contributed by atoms with E-state index in [1.807, 2.05) is 37.4 Å². The van der Waals surface area contributed by atoms with Crippen LogP contribution in [0, 0.1) is 0 Å². The summed E-state index contributed by atoms with van der Waals surface area (Å²) >= 11 is 1.30. The van der Waals surface area contributed by atoms with E-state index in [4.69, 9.17) is 0 Å². The Kier molecular flexibility index (Phi) is 8.26. The molecule has 2 aromatic carbocycles. The highest BCUT2D eigenvalue weighted by Crippen LogP contribution is 2.37. The molecule has 10 nitrogen and oxygen atoms in total. The van der Waals surface area contributed by atoms with Crippen LogP contribution in [0.5, 0.6) is 0 Å². The number of nitrogens with one attached hydrogen (secondary N) is 3. The molecule has 0 bridgehead atoms. The summed E-state index contributed by atoms with van der Waals surface area (Å²) in [5, 5.41) is 7.77. The minimum atomic E-state index is -3.77. The Balaban J connectivity index is 1.54. The van der Waals surface area contributed by atoms with Gasteiger partial charge >= 0.3 is 6.03 Å². The van der Waals surface area contributed by atoms with Crippen LogP contribution in [0.15, 0.2) is 59.5 Å². The summed E-state index contributed by atoms with van der Waals surface area (Å²) in [5.74, 6) is -1.09. The summed E-state index contributed by atoms with van der Waals surface area (Å²) < 4.78 is 27.3. The zero-order chi connectivity index (χ0) is 27.4. The lowest BCUT2D eigenvalue weighted by molar-refractivity contribution is 0.0964. The van der Waals surface area contributed by atoms with Crippen molar-refractivity contribution >= 4 is 44.2 Å². The third-order valence-corrected chi connectivity index (χ3v) is 9.18. The zero-order valence-corrected chi connectivity index (χ0v) is 22.9. The number of likely N-dealkylation sites (N-methyl/N-ethyl adjacent to an activating group) is 1. The van der Waals surface area contributed by atoms with Gasteiger partial charge in [-0.05, 0) is 48.9 Å². The Hall–Kier alpha value is -3.58. The Bertz CT molecular complexity index is 1450. The first-order valence-corrected chi connectivity index (χ1v) is 14.1. The van der Waals surface area contributed by atoms with Gasteiger partial charge in [0.2, 0.25) is 10.0 Å². The Labute approximate surface area is 225 Å². The SMILES string of the molecule is CNC(=O)NC(=O)c1c(NC(=O)c2ccc(S(=O)(=O)N(C)Cc3ccccc3)cc2)sc2c1CCN(C)C2. The molecule has 4 amide bonds. The number of hydrogen-bond donors (Lipinski definition) is 3. The first-order chi connectivity index (χ1) is 18.1. The monoisotopic (exact) mass is 555 g/mol. The lowest BCUT2D eigenvalue weighted by atomic mass is 10.0. The van der Waals surface area contributed by atoms with Crippen LogP contribution in [0.25, 0.3) is 0 Å². The van der Waals surface area contributed by atoms with Gasteiger partial charge in [-0.25, -0.2) is 13.2 Å². The number of sulfonamides is 1. The Morgan fingerprint density at radius 3 is 2.37 bits per heavy atom. The van der Waals surface area contributed by atoms with Gasteiger partial charge in [-0.15, -0.1) is 11.3 Å². The molecule has 1 aromatic heterocycles. The van der Waals surface area contributed by atoms with E-state index in [-0.39, 0.29) is 22.6 Å². The largest absolute Gasteiger partial charge is 0.341 e. The van der Waals surface area contributed by atoms with E-state index in [1.165, 1.54) is 54.0 Å². The number of amides is 4. The van der Waals surface area contributed by atoms with Gasteiger partial charge in [0.05, 0.1) is 10.5 Å². The summed E-state index contributed by atoms with van der Waals surface area (Å²) in [6, 6.07) is 14.3. The van der Waals surface area contributed by atoms with E-state index in [0.717, 1.165) is 22.5 Å². The van der Waals surface area contributed by atoms with Crippen molar-refractivity contribution in [1.29, 1.82) is 0 Å². The highest BCUT2D eigenvalue weighted by molar-refractivity contribution is 7.89. The normalized spacial score (nSPS) is 13.6. The van der Waals surface area contributed by atoms with Crippen molar-refractivity contribution in [2.75, 3.05) is 33.0 Å². The molecule has 2 heterocycles. The van der Waals surface area contributed by atoms with E-state index in [9.17, 15) is 22.8 Å². The van der Waals surface area contributed by atoms with Gasteiger partial charge in [0.25, 0.3) is 11.8 Å². The number of fused-ring (bicyclic) bond motifs is 1. The average Bonchev–Trinajstić information content (AvgIpc) is 3.25. The second-order valence-electron chi connectivity index (χ2n) is 8.95. The van der Waals surface area contributed by atoms with Gasteiger partial charge in [-0.1, -0.05) is 30.3 Å². The molecule has 3 N–H and O–H groups in total. The predicted octanol–water partition coefficient (Wildman–Crippen LogP) is 2.88. The maximum Gasteiger partial charge on any atom is 0.321 e. The fourth-order valence-corrected chi connectivity index (χ4v) is 6.63. The van der Waals surface area contributed by atoms with Crippen LogP contribution in [0.2, 0.25) is 0 Å².